The summed E-state index contributed by atoms with van der Waals surface area (Å²) in [4.78, 5) is 25.5. The zero-order chi connectivity index (χ0) is 21.1. The van der Waals surface area contributed by atoms with Gasteiger partial charge in [0.25, 0.3) is 0 Å². The summed E-state index contributed by atoms with van der Waals surface area (Å²) in [5.74, 6) is -0.359. The molecular weight excluding hydrogens is 364 g/mol. The first kappa shape index (κ1) is 23.4. The minimum absolute atomic E-state index is 0.150. The summed E-state index contributed by atoms with van der Waals surface area (Å²) in [6.07, 6.45) is 8.27. The smallest absolute Gasteiger partial charge is 0.310 e. The third kappa shape index (κ3) is 8.20. The summed E-state index contributed by atoms with van der Waals surface area (Å²) in [5, 5.41) is 0. The molecule has 0 heterocycles. The lowest BCUT2D eigenvalue weighted by Crippen LogP contribution is -2.39. The number of hydrogen-bond acceptors (Lipinski definition) is 4. The van der Waals surface area contributed by atoms with E-state index in [1.807, 2.05) is 30.3 Å². The molecule has 3 unspecified atom stereocenters. The van der Waals surface area contributed by atoms with Crippen LogP contribution in [0.3, 0.4) is 0 Å². The van der Waals surface area contributed by atoms with E-state index in [2.05, 4.69) is 20.8 Å². The lowest BCUT2D eigenvalue weighted by atomic mass is 9.73. The minimum Gasteiger partial charge on any atom is -0.465 e. The molecule has 0 radical (unpaired) electrons. The van der Waals surface area contributed by atoms with E-state index in [-0.39, 0.29) is 36.3 Å². The third-order valence-electron chi connectivity index (χ3n) is 5.94. The number of ether oxygens (including phenoxy) is 2. The van der Waals surface area contributed by atoms with Gasteiger partial charge in [0.1, 0.15) is 6.61 Å². The molecule has 1 fully saturated rings. The van der Waals surface area contributed by atoms with Gasteiger partial charge < -0.3 is 9.47 Å². The summed E-state index contributed by atoms with van der Waals surface area (Å²) < 4.78 is 11.1. The Bertz CT molecular complexity index is 611. The van der Waals surface area contributed by atoms with Crippen LogP contribution in [0.5, 0.6) is 0 Å². The molecule has 4 nitrogen and oxygen atoms in total. The van der Waals surface area contributed by atoms with Crippen molar-refractivity contribution in [1.82, 2.24) is 0 Å². The second-order valence-corrected chi connectivity index (χ2v) is 8.90. The highest BCUT2D eigenvalue weighted by atomic mass is 16.5. The number of carbonyl (C=O) groups excluding carboxylic acids is 2. The fraction of sp³-hybridized carbons (Fsp3) is 0.680. The molecule has 0 spiro atoms. The SMILES string of the molecule is CC(C)CCCCCCOC(=O)C1C(C)CCCC1C(=O)OCc1ccccc1. The van der Waals surface area contributed by atoms with E-state index in [0.29, 0.717) is 13.0 Å². The fourth-order valence-corrected chi connectivity index (χ4v) is 4.19. The molecule has 0 bridgehead atoms. The Kier molecular flexibility index (Phi) is 10.2. The number of esters is 2. The molecular formula is C25H38O4. The number of hydrogen-bond donors (Lipinski definition) is 0. The predicted octanol–water partition coefficient (Wildman–Crippen LogP) is 5.93. The molecule has 29 heavy (non-hydrogen) atoms. The van der Waals surface area contributed by atoms with E-state index in [1.165, 1.54) is 19.3 Å². The molecule has 0 amide bonds. The average molecular weight is 403 g/mol. The van der Waals surface area contributed by atoms with Gasteiger partial charge in [0.15, 0.2) is 0 Å². The van der Waals surface area contributed by atoms with Crippen molar-refractivity contribution in [2.75, 3.05) is 6.61 Å². The summed E-state index contributed by atoms with van der Waals surface area (Å²) in [6, 6.07) is 9.65. The van der Waals surface area contributed by atoms with Crippen LogP contribution in [0.4, 0.5) is 0 Å². The van der Waals surface area contributed by atoms with E-state index < -0.39 is 0 Å². The third-order valence-corrected chi connectivity index (χ3v) is 5.94. The minimum atomic E-state index is -0.388. The van der Waals surface area contributed by atoms with Crippen LogP contribution in [0.15, 0.2) is 30.3 Å². The molecule has 1 aromatic rings. The average Bonchev–Trinajstić information content (AvgIpc) is 2.71. The quantitative estimate of drug-likeness (QED) is 0.340. The Morgan fingerprint density at radius 1 is 0.966 bits per heavy atom. The van der Waals surface area contributed by atoms with Crippen molar-refractivity contribution in [3.05, 3.63) is 35.9 Å². The summed E-state index contributed by atoms with van der Waals surface area (Å²) in [7, 11) is 0. The van der Waals surface area contributed by atoms with Crippen LogP contribution in [0.25, 0.3) is 0 Å². The monoisotopic (exact) mass is 402 g/mol. The summed E-state index contributed by atoms with van der Waals surface area (Å²) >= 11 is 0. The fourth-order valence-electron chi connectivity index (χ4n) is 4.19. The zero-order valence-electron chi connectivity index (χ0n) is 18.4. The van der Waals surface area contributed by atoms with Gasteiger partial charge in [-0.25, -0.2) is 0 Å². The number of rotatable bonds is 11. The van der Waals surface area contributed by atoms with Crippen LogP contribution in [-0.4, -0.2) is 18.5 Å². The van der Waals surface area contributed by atoms with Crippen molar-refractivity contribution in [1.29, 1.82) is 0 Å². The summed E-state index contributed by atoms with van der Waals surface area (Å²) in [5.41, 5.74) is 0.960. The number of unbranched alkanes of at least 4 members (excludes halogenated alkanes) is 3. The number of benzene rings is 1. The van der Waals surface area contributed by atoms with Crippen molar-refractivity contribution in [3.63, 3.8) is 0 Å². The molecule has 4 heteroatoms. The van der Waals surface area contributed by atoms with Crippen molar-refractivity contribution < 1.29 is 19.1 Å². The van der Waals surface area contributed by atoms with Crippen molar-refractivity contribution in [2.45, 2.75) is 78.7 Å². The molecule has 0 N–H and O–H groups in total. The van der Waals surface area contributed by atoms with Gasteiger partial charge in [-0.3, -0.25) is 9.59 Å². The standard InChI is InChI=1S/C25H38O4/c1-19(2)12-7-4-5-10-17-28-25(27)23-20(3)13-11-16-22(23)24(26)29-18-21-14-8-6-9-15-21/h6,8-9,14-15,19-20,22-23H,4-5,7,10-13,16-18H2,1-3H3. The first-order chi connectivity index (χ1) is 14.0. The Morgan fingerprint density at radius 3 is 2.41 bits per heavy atom. The Hall–Kier alpha value is -1.84. The zero-order valence-corrected chi connectivity index (χ0v) is 18.4. The van der Waals surface area contributed by atoms with Gasteiger partial charge in [-0.1, -0.05) is 83.2 Å². The van der Waals surface area contributed by atoms with Crippen LogP contribution in [-0.2, 0) is 25.7 Å². The number of carbonyl (C=O) groups is 2. The van der Waals surface area contributed by atoms with E-state index in [0.717, 1.165) is 37.2 Å². The van der Waals surface area contributed by atoms with Crippen LogP contribution < -0.4 is 0 Å². The van der Waals surface area contributed by atoms with Crippen LogP contribution in [0.1, 0.15) is 77.7 Å². The molecule has 2 rings (SSSR count). The van der Waals surface area contributed by atoms with Crippen LogP contribution >= 0.6 is 0 Å². The van der Waals surface area contributed by atoms with Gasteiger partial charge in [-0.05, 0) is 36.7 Å². The van der Waals surface area contributed by atoms with Crippen molar-refractivity contribution in [2.24, 2.45) is 23.7 Å². The maximum Gasteiger partial charge on any atom is 0.310 e. The van der Waals surface area contributed by atoms with Gasteiger partial charge in [0.05, 0.1) is 18.4 Å². The molecule has 1 aliphatic rings. The largest absolute Gasteiger partial charge is 0.465 e. The molecule has 0 aromatic heterocycles. The van der Waals surface area contributed by atoms with E-state index in [1.54, 1.807) is 0 Å². The van der Waals surface area contributed by atoms with Crippen LogP contribution in [0, 0.1) is 23.7 Å². The molecule has 3 atom stereocenters. The lowest BCUT2D eigenvalue weighted by molar-refractivity contribution is -0.166. The normalized spacial score (nSPS) is 21.7. The van der Waals surface area contributed by atoms with Crippen LogP contribution in [0.2, 0.25) is 0 Å². The molecule has 1 saturated carbocycles. The maximum atomic E-state index is 12.7. The predicted molar refractivity (Wildman–Crippen MR) is 115 cm³/mol. The van der Waals surface area contributed by atoms with Crippen molar-refractivity contribution in [3.8, 4) is 0 Å². The highest BCUT2D eigenvalue weighted by Crippen LogP contribution is 2.36. The van der Waals surface area contributed by atoms with E-state index in [4.69, 9.17) is 9.47 Å². The van der Waals surface area contributed by atoms with E-state index >= 15 is 0 Å². The van der Waals surface area contributed by atoms with Gasteiger partial charge in [0, 0.05) is 0 Å². The van der Waals surface area contributed by atoms with Crippen molar-refractivity contribution >= 4 is 11.9 Å². The molecule has 1 aliphatic carbocycles. The molecule has 0 aliphatic heterocycles. The van der Waals surface area contributed by atoms with Gasteiger partial charge in [-0.2, -0.15) is 0 Å². The Morgan fingerprint density at radius 2 is 1.69 bits per heavy atom. The molecule has 1 aromatic carbocycles. The lowest BCUT2D eigenvalue weighted by Gasteiger charge is -2.33. The molecule has 0 saturated heterocycles. The van der Waals surface area contributed by atoms with E-state index in [9.17, 15) is 9.59 Å². The van der Waals surface area contributed by atoms with Gasteiger partial charge in [-0.15, -0.1) is 0 Å². The topological polar surface area (TPSA) is 52.6 Å². The Balaban J connectivity index is 1.78. The summed E-state index contributed by atoms with van der Waals surface area (Å²) in [6.45, 7) is 7.25. The highest BCUT2D eigenvalue weighted by Gasteiger charge is 2.42. The Labute approximate surface area is 176 Å². The first-order valence-electron chi connectivity index (χ1n) is 11.4. The second kappa shape index (κ2) is 12.7. The first-order valence-corrected chi connectivity index (χ1v) is 11.4. The maximum absolute atomic E-state index is 12.7. The van der Waals surface area contributed by atoms with Gasteiger partial charge in [0.2, 0.25) is 0 Å². The second-order valence-electron chi connectivity index (χ2n) is 8.90. The highest BCUT2D eigenvalue weighted by molar-refractivity contribution is 5.82. The molecule has 162 valence electrons. The van der Waals surface area contributed by atoms with Gasteiger partial charge >= 0.3 is 11.9 Å².